The van der Waals surface area contributed by atoms with Crippen LogP contribution in [0.25, 0.3) is 0 Å². The molecule has 21 heavy (non-hydrogen) atoms. The standard InChI is InChI=1S/C14H28N4O2.HI/c1-12-3-2-4-18(10-12)14(15)16-9-13(19)11-17-5-7-20-8-6-17;/h12-13,19H,2-11H2,1H3,(H2,15,16);1H. The quantitative estimate of drug-likeness (QED) is 0.396. The van der Waals surface area contributed by atoms with Gasteiger partial charge in [0.25, 0.3) is 0 Å². The van der Waals surface area contributed by atoms with Gasteiger partial charge in [-0.2, -0.15) is 0 Å². The molecule has 0 spiro atoms. The second-order valence-electron chi connectivity index (χ2n) is 5.96. The number of nitrogens with zero attached hydrogens (tertiary/aromatic N) is 3. The minimum absolute atomic E-state index is 0. The number of β-amino-alcohol motifs (C(OH)–C–C–N with tert-alkyl or cyclic N) is 1. The molecule has 0 aromatic rings. The summed E-state index contributed by atoms with van der Waals surface area (Å²) >= 11 is 0. The molecule has 0 bridgehead atoms. The summed E-state index contributed by atoms with van der Waals surface area (Å²) in [7, 11) is 0. The van der Waals surface area contributed by atoms with E-state index in [0.29, 0.717) is 25.0 Å². The van der Waals surface area contributed by atoms with Crippen LogP contribution in [0.1, 0.15) is 19.8 Å². The molecule has 2 fully saturated rings. The van der Waals surface area contributed by atoms with Crippen LogP contribution in [0.15, 0.2) is 4.99 Å². The van der Waals surface area contributed by atoms with Gasteiger partial charge < -0.3 is 20.5 Å². The molecule has 2 aliphatic rings. The molecule has 0 radical (unpaired) electrons. The van der Waals surface area contributed by atoms with E-state index < -0.39 is 6.10 Å². The molecular weight excluding hydrogens is 383 g/mol. The molecule has 0 aliphatic carbocycles. The van der Waals surface area contributed by atoms with Gasteiger partial charge in [-0.05, 0) is 18.8 Å². The van der Waals surface area contributed by atoms with Crippen molar-refractivity contribution in [2.45, 2.75) is 25.9 Å². The lowest BCUT2D eigenvalue weighted by atomic mass is 10.0. The van der Waals surface area contributed by atoms with Crippen LogP contribution >= 0.6 is 24.0 Å². The zero-order chi connectivity index (χ0) is 14.4. The molecule has 0 amide bonds. The Morgan fingerprint density at radius 3 is 2.76 bits per heavy atom. The maximum atomic E-state index is 10.0. The van der Waals surface area contributed by atoms with E-state index in [4.69, 9.17) is 10.5 Å². The van der Waals surface area contributed by atoms with E-state index in [9.17, 15) is 5.11 Å². The predicted molar refractivity (Wildman–Crippen MR) is 95.1 cm³/mol. The number of aliphatic imine (C=N–C) groups is 1. The SMILES string of the molecule is CC1CCCN(C(N)=NCC(O)CN2CCOCC2)C1.I. The number of aliphatic hydroxyl groups is 1. The minimum atomic E-state index is -0.450. The highest BCUT2D eigenvalue weighted by molar-refractivity contribution is 14.0. The molecule has 6 nitrogen and oxygen atoms in total. The number of hydrogen-bond acceptors (Lipinski definition) is 4. The lowest BCUT2D eigenvalue weighted by molar-refractivity contribution is 0.0164. The van der Waals surface area contributed by atoms with Crippen molar-refractivity contribution in [3.8, 4) is 0 Å². The monoisotopic (exact) mass is 412 g/mol. The number of ether oxygens (including phenoxy) is 1. The number of likely N-dealkylation sites (tertiary alicyclic amines) is 1. The van der Waals surface area contributed by atoms with Gasteiger partial charge in [0.05, 0.1) is 25.9 Å². The molecule has 2 rings (SSSR count). The molecule has 0 saturated carbocycles. The van der Waals surface area contributed by atoms with Crippen molar-refractivity contribution < 1.29 is 9.84 Å². The van der Waals surface area contributed by atoms with E-state index in [-0.39, 0.29) is 24.0 Å². The van der Waals surface area contributed by atoms with Gasteiger partial charge in [-0.3, -0.25) is 9.89 Å². The highest BCUT2D eigenvalue weighted by atomic mass is 127. The molecule has 0 aromatic carbocycles. The van der Waals surface area contributed by atoms with E-state index in [0.717, 1.165) is 39.4 Å². The largest absolute Gasteiger partial charge is 0.390 e. The number of morpholine rings is 1. The normalized spacial score (nSPS) is 26.3. The van der Waals surface area contributed by atoms with Gasteiger partial charge in [-0.1, -0.05) is 6.92 Å². The molecule has 0 aromatic heterocycles. The van der Waals surface area contributed by atoms with Gasteiger partial charge in [0.2, 0.25) is 0 Å². The van der Waals surface area contributed by atoms with Crippen LogP contribution < -0.4 is 5.73 Å². The fourth-order valence-corrected chi connectivity index (χ4v) is 2.84. The first-order chi connectivity index (χ1) is 9.65. The Hall–Kier alpha value is -0.120. The van der Waals surface area contributed by atoms with Crippen LogP contribution in [0, 0.1) is 5.92 Å². The Bertz CT molecular complexity index is 324. The number of nitrogens with two attached hydrogens (primary N) is 1. The fourth-order valence-electron chi connectivity index (χ4n) is 2.84. The first kappa shape index (κ1) is 18.9. The number of hydrogen-bond donors (Lipinski definition) is 2. The van der Waals surface area contributed by atoms with Crippen LogP contribution in [0.3, 0.4) is 0 Å². The summed E-state index contributed by atoms with van der Waals surface area (Å²) in [5, 5.41) is 10.0. The predicted octanol–water partition coefficient (Wildman–Crippen LogP) is 0.344. The topological polar surface area (TPSA) is 74.3 Å². The van der Waals surface area contributed by atoms with Crippen molar-refractivity contribution in [3.05, 3.63) is 0 Å². The van der Waals surface area contributed by atoms with Gasteiger partial charge in [-0.15, -0.1) is 24.0 Å². The van der Waals surface area contributed by atoms with Gasteiger partial charge in [-0.25, -0.2) is 0 Å². The number of aliphatic hydroxyl groups excluding tert-OH is 1. The molecule has 2 saturated heterocycles. The summed E-state index contributed by atoms with van der Waals surface area (Å²) in [4.78, 5) is 8.71. The summed E-state index contributed by atoms with van der Waals surface area (Å²) in [6.07, 6.45) is 1.99. The Morgan fingerprint density at radius 1 is 1.38 bits per heavy atom. The van der Waals surface area contributed by atoms with E-state index in [1.807, 2.05) is 0 Å². The van der Waals surface area contributed by atoms with Crippen molar-refractivity contribution in [1.82, 2.24) is 9.80 Å². The highest BCUT2D eigenvalue weighted by Crippen LogP contribution is 2.14. The summed E-state index contributed by atoms with van der Waals surface area (Å²) in [6, 6.07) is 0. The second-order valence-corrected chi connectivity index (χ2v) is 5.96. The summed E-state index contributed by atoms with van der Waals surface area (Å²) in [5.74, 6) is 1.26. The van der Waals surface area contributed by atoms with Crippen LogP contribution in [0.4, 0.5) is 0 Å². The molecule has 2 aliphatic heterocycles. The van der Waals surface area contributed by atoms with Gasteiger partial charge in [0.1, 0.15) is 0 Å². The highest BCUT2D eigenvalue weighted by Gasteiger charge is 2.18. The number of halogens is 1. The first-order valence-electron chi connectivity index (χ1n) is 7.68. The van der Waals surface area contributed by atoms with E-state index >= 15 is 0 Å². The van der Waals surface area contributed by atoms with Gasteiger partial charge in [0, 0.05) is 32.7 Å². The number of rotatable bonds is 4. The van der Waals surface area contributed by atoms with Gasteiger partial charge in [0.15, 0.2) is 5.96 Å². The maximum absolute atomic E-state index is 10.0. The van der Waals surface area contributed by atoms with Gasteiger partial charge >= 0.3 is 0 Å². The third-order valence-electron chi connectivity index (χ3n) is 4.02. The van der Waals surface area contributed by atoms with Crippen LogP contribution in [0.2, 0.25) is 0 Å². The second kappa shape index (κ2) is 9.81. The molecule has 3 N–H and O–H groups in total. The van der Waals surface area contributed by atoms with E-state index in [2.05, 4.69) is 21.7 Å². The fraction of sp³-hybridized carbons (Fsp3) is 0.929. The number of guanidine groups is 1. The van der Waals surface area contributed by atoms with E-state index in [1.54, 1.807) is 0 Å². The summed E-state index contributed by atoms with van der Waals surface area (Å²) in [6.45, 7) is 8.53. The molecule has 2 atom stereocenters. The summed E-state index contributed by atoms with van der Waals surface area (Å²) in [5.41, 5.74) is 6.02. The Labute approximate surface area is 144 Å². The van der Waals surface area contributed by atoms with Crippen molar-refractivity contribution in [1.29, 1.82) is 0 Å². The zero-order valence-electron chi connectivity index (χ0n) is 12.9. The third-order valence-corrected chi connectivity index (χ3v) is 4.02. The number of piperidine rings is 1. The Balaban J connectivity index is 0.00000220. The summed E-state index contributed by atoms with van der Waals surface area (Å²) < 4.78 is 5.29. The average molecular weight is 412 g/mol. The molecule has 7 heteroatoms. The maximum Gasteiger partial charge on any atom is 0.191 e. The Morgan fingerprint density at radius 2 is 2.10 bits per heavy atom. The smallest absolute Gasteiger partial charge is 0.191 e. The van der Waals surface area contributed by atoms with Crippen molar-refractivity contribution in [3.63, 3.8) is 0 Å². The average Bonchev–Trinajstić information content (AvgIpc) is 2.46. The van der Waals surface area contributed by atoms with Crippen molar-refractivity contribution >= 4 is 29.9 Å². The van der Waals surface area contributed by atoms with Crippen LogP contribution in [-0.2, 0) is 4.74 Å². The third kappa shape index (κ3) is 6.66. The first-order valence-corrected chi connectivity index (χ1v) is 7.68. The van der Waals surface area contributed by atoms with Crippen molar-refractivity contribution in [2.75, 3.05) is 52.5 Å². The lowest BCUT2D eigenvalue weighted by Gasteiger charge is -2.32. The lowest BCUT2D eigenvalue weighted by Crippen LogP contribution is -2.44. The molecular formula is C14H29IN4O2. The Kier molecular flexibility index (Phi) is 8.84. The van der Waals surface area contributed by atoms with Crippen LogP contribution in [-0.4, -0.2) is 79.5 Å². The molecule has 2 heterocycles. The molecule has 124 valence electrons. The van der Waals surface area contributed by atoms with Crippen molar-refractivity contribution in [2.24, 2.45) is 16.6 Å². The zero-order valence-corrected chi connectivity index (χ0v) is 15.2. The minimum Gasteiger partial charge on any atom is -0.390 e. The van der Waals surface area contributed by atoms with Crippen LogP contribution in [0.5, 0.6) is 0 Å². The van der Waals surface area contributed by atoms with E-state index in [1.165, 1.54) is 12.8 Å². The molecule has 2 unspecified atom stereocenters.